The number of carbonyl (C=O) groups is 1. The summed E-state index contributed by atoms with van der Waals surface area (Å²) >= 11 is 0. The van der Waals surface area contributed by atoms with Gasteiger partial charge in [0.2, 0.25) is 0 Å². The largest absolute Gasteiger partial charge is 0.380 e. The number of hydrogen-bond acceptors (Lipinski definition) is 2. The first-order chi connectivity index (χ1) is 5.72. The Morgan fingerprint density at radius 3 is 2.58 bits per heavy atom. The summed E-state index contributed by atoms with van der Waals surface area (Å²) < 4.78 is 4.88. The normalized spacial score (nSPS) is 11.3. The van der Waals surface area contributed by atoms with Crippen LogP contribution in [0.1, 0.15) is 19.8 Å². The molecule has 0 aliphatic heterocycles. The molecule has 2 nitrogen and oxygen atoms in total. The van der Waals surface area contributed by atoms with Gasteiger partial charge in [-0.25, -0.2) is 0 Å². The molecule has 0 aromatic rings. The van der Waals surface area contributed by atoms with E-state index in [4.69, 9.17) is 4.74 Å². The van der Waals surface area contributed by atoms with E-state index in [0.717, 1.165) is 18.4 Å². The predicted molar refractivity (Wildman–Crippen MR) is 50.1 cm³/mol. The Kier molecular flexibility index (Phi) is 6.29. The van der Waals surface area contributed by atoms with Gasteiger partial charge in [-0.05, 0) is 19.8 Å². The maximum atomic E-state index is 11.0. The van der Waals surface area contributed by atoms with Crippen molar-refractivity contribution in [3.63, 3.8) is 0 Å². The fourth-order valence-corrected chi connectivity index (χ4v) is 0.835. The van der Waals surface area contributed by atoms with Crippen LogP contribution in [0.2, 0.25) is 0 Å². The molecule has 0 heterocycles. The van der Waals surface area contributed by atoms with Gasteiger partial charge < -0.3 is 4.74 Å². The van der Waals surface area contributed by atoms with E-state index in [0.29, 0.717) is 6.61 Å². The summed E-state index contributed by atoms with van der Waals surface area (Å²) in [5, 5.41) is 0. The molecule has 0 atom stereocenters. The summed E-state index contributed by atoms with van der Waals surface area (Å²) in [5.74, 6) is 0.0842. The highest BCUT2D eigenvalue weighted by Crippen LogP contribution is 2.01. The smallest absolute Gasteiger partial charge is 0.157 e. The molecule has 0 bridgehead atoms. The lowest BCUT2D eigenvalue weighted by molar-refractivity contribution is -0.114. The van der Waals surface area contributed by atoms with Crippen LogP contribution in [-0.4, -0.2) is 19.5 Å². The third-order valence-corrected chi connectivity index (χ3v) is 1.51. The van der Waals surface area contributed by atoms with Gasteiger partial charge in [-0.2, -0.15) is 0 Å². The minimum absolute atomic E-state index is 0.0842. The van der Waals surface area contributed by atoms with Crippen LogP contribution in [-0.2, 0) is 9.53 Å². The van der Waals surface area contributed by atoms with E-state index in [9.17, 15) is 4.79 Å². The highest BCUT2D eigenvalue weighted by molar-refractivity contribution is 5.93. The Labute approximate surface area is 73.9 Å². The number of Topliss-reactive ketones (excluding diaryl/α,β-unsaturated/α-hetero) is 1. The van der Waals surface area contributed by atoms with Crippen LogP contribution in [0.4, 0.5) is 0 Å². The molecule has 12 heavy (non-hydrogen) atoms. The number of ketones is 1. The summed E-state index contributed by atoms with van der Waals surface area (Å²) in [4.78, 5) is 11.0. The van der Waals surface area contributed by atoms with Crippen LogP contribution < -0.4 is 0 Å². The Morgan fingerprint density at radius 1 is 1.50 bits per heavy atom. The molecule has 0 unspecified atom stereocenters. The minimum Gasteiger partial charge on any atom is -0.380 e. The van der Waals surface area contributed by atoms with Crippen LogP contribution in [0.25, 0.3) is 0 Å². The number of unbranched alkanes of at least 4 members (excludes halogenated alkanes) is 1. The molecular formula is C10H16O2. The first-order valence-corrected chi connectivity index (χ1v) is 4.02. The minimum atomic E-state index is 0.0842. The van der Waals surface area contributed by atoms with Crippen molar-refractivity contribution < 1.29 is 9.53 Å². The highest BCUT2D eigenvalue weighted by Gasteiger charge is 2.00. The van der Waals surface area contributed by atoms with Crippen molar-refractivity contribution in [3.05, 3.63) is 24.3 Å². The van der Waals surface area contributed by atoms with Gasteiger partial charge >= 0.3 is 0 Å². The number of rotatable bonds is 6. The Morgan fingerprint density at radius 2 is 2.17 bits per heavy atom. The molecule has 0 saturated carbocycles. The van der Waals surface area contributed by atoms with E-state index >= 15 is 0 Å². The van der Waals surface area contributed by atoms with E-state index in [2.05, 4.69) is 6.58 Å². The maximum absolute atomic E-state index is 11.0. The molecule has 2 heteroatoms. The molecule has 0 rings (SSSR count). The number of ether oxygens (including phenoxy) is 1. The molecule has 0 aliphatic rings. The van der Waals surface area contributed by atoms with Crippen molar-refractivity contribution in [2.45, 2.75) is 19.8 Å². The summed E-state index contributed by atoms with van der Waals surface area (Å²) in [6.07, 6.45) is 5.51. The Hall–Kier alpha value is -0.890. The lowest BCUT2D eigenvalue weighted by Crippen LogP contribution is -2.03. The molecule has 0 N–H and O–H groups in total. The third-order valence-electron chi connectivity index (χ3n) is 1.51. The fourth-order valence-electron chi connectivity index (χ4n) is 0.835. The maximum Gasteiger partial charge on any atom is 0.157 e. The highest BCUT2D eigenvalue weighted by atomic mass is 16.5. The van der Waals surface area contributed by atoms with Gasteiger partial charge in [0, 0.05) is 12.7 Å². The van der Waals surface area contributed by atoms with E-state index in [-0.39, 0.29) is 5.78 Å². The number of methoxy groups -OCH3 is 1. The molecule has 0 fully saturated rings. The standard InChI is InChI=1S/C10H16O2/c1-4-5-6-7-10(8-12-3)9(2)11/h4,7H,1,5-6,8H2,2-3H3/b10-7+. The van der Waals surface area contributed by atoms with Gasteiger partial charge in [0.05, 0.1) is 6.61 Å². The molecule has 0 aromatic carbocycles. The van der Waals surface area contributed by atoms with Gasteiger partial charge in [-0.15, -0.1) is 6.58 Å². The topological polar surface area (TPSA) is 26.3 Å². The zero-order valence-corrected chi connectivity index (χ0v) is 7.80. The van der Waals surface area contributed by atoms with Gasteiger partial charge in [-0.1, -0.05) is 12.2 Å². The first-order valence-electron chi connectivity index (χ1n) is 4.02. The number of allylic oxidation sites excluding steroid dienone is 2. The van der Waals surface area contributed by atoms with Gasteiger partial charge in [-0.3, -0.25) is 4.79 Å². The second-order valence-corrected chi connectivity index (χ2v) is 2.58. The monoisotopic (exact) mass is 168 g/mol. The van der Waals surface area contributed by atoms with Crippen LogP contribution >= 0.6 is 0 Å². The summed E-state index contributed by atoms with van der Waals surface area (Å²) in [5.41, 5.74) is 0.749. The number of carbonyl (C=O) groups excluding carboxylic acids is 1. The SMILES string of the molecule is C=CCC/C=C(\COC)C(C)=O. The molecule has 0 saturated heterocycles. The average Bonchev–Trinajstić information content (AvgIpc) is 2.03. The third kappa shape index (κ3) is 4.85. The van der Waals surface area contributed by atoms with Gasteiger partial charge in [0.25, 0.3) is 0 Å². The fraction of sp³-hybridized carbons (Fsp3) is 0.500. The lowest BCUT2D eigenvalue weighted by Gasteiger charge is -2.00. The van der Waals surface area contributed by atoms with Crippen LogP contribution in [0.3, 0.4) is 0 Å². The Bertz CT molecular complexity index is 180. The quantitative estimate of drug-likeness (QED) is 0.345. The van der Waals surface area contributed by atoms with Gasteiger partial charge in [0.15, 0.2) is 5.78 Å². The first kappa shape index (κ1) is 11.1. The van der Waals surface area contributed by atoms with Crippen molar-refractivity contribution in [1.82, 2.24) is 0 Å². The molecular weight excluding hydrogens is 152 g/mol. The predicted octanol–water partition coefficient (Wildman–Crippen LogP) is 2.11. The molecule has 68 valence electrons. The Balaban J connectivity index is 3.98. The van der Waals surface area contributed by atoms with Gasteiger partial charge in [0.1, 0.15) is 0 Å². The van der Waals surface area contributed by atoms with Crippen LogP contribution in [0.5, 0.6) is 0 Å². The number of hydrogen-bond donors (Lipinski definition) is 0. The van der Waals surface area contributed by atoms with Crippen LogP contribution in [0.15, 0.2) is 24.3 Å². The molecule has 0 aliphatic carbocycles. The second kappa shape index (κ2) is 6.80. The van der Waals surface area contributed by atoms with Crippen molar-refractivity contribution in [2.75, 3.05) is 13.7 Å². The van der Waals surface area contributed by atoms with Crippen molar-refractivity contribution >= 4 is 5.78 Å². The zero-order chi connectivity index (χ0) is 9.40. The summed E-state index contributed by atoms with van der Waals surface area (Å²) in [6, 6.07) is 0. The van der Waals surface area contributed by atoms with Crippen molar-refractivity contribution in [3.8, 4) is 0 Å². The van der Waals surface area contributed by atoms with Crippen molar-refractivity contribution in [2.24, 2.45) is 0 Å². The lowest BCUT2D eigenvalue weighted by atomic mass is 10.1. The molecule has 0 spiro atoms. The van der Waals surface area contributed by atoms with Crippen molar-refractivity contribution in [1.29, 1.82) is 0 Å². The second-order valence-electron chi connectivity index (χ2n) is 2.58. The van der Waals surface area contributed by atoms with E-state index in [1.807, 2.05) is 12.2 Å². The zero-order valence-electron chi connectivity index (χ0n) is 7.80. The molecule has 0 amide bonds. The van der Waals surface area contributed by atoms with E-state index < -0.39 is 0 Å². The molecule has 0 aromatic heterocycles. The van der Waals surface area contributed by atoms with Crippen LogP contribution in [0, 0.1) is 0 Å². The summed E-state index contributed by atoms with van der Waals surface area (Å²) in [6.45, 7) is 5.57. The van der Waals surface area contributed by atoms with E-state index in [1.165, 1.54) is 0 Å². The van der Waals surface area contributed by atoms with E-state index in [1.54, 1.807) is 14.0 Å². The molecule has 0 radical (unpaired) electrons. The average molecular weight is 168 g/mol. The summed E-state index contributed by atoms with van der Waals surface area (Å²) in [7, 11) is 1.59.